The zero-order valence-electron chi connectivity index (χ0n) is 15.9. The fraction of sp³-hybridized carbons (Fsp3) is 0.556. The Balaban J connectivity index is 1.88. The maximum Gasteiger partial charge on any atom is 0.508 e. The van der Waals surface area contributed by atoms with Gasteiger partial charge in [-0.2, -0.15) is 10.4 Å². The van der Waals surface area contributed by atoms with Gasteiger partial charge in [0.05, 0.1) is 6.61 Å². The van der Waals surface area contributed by atoms with Crippen molar-refractivity contribution < 1.29 is 23.7 Å². The highest BCUT2D eigenvalue weighted by Crippen LogP contribution is 2.34. The maximum atomic E-state index is 11.7. The fourth-order valence-electron chi connectivity index (χ4n) is 2.67. The summed E-state index contributed by atoms with van der Waals surface area (Å²) < 4.78 is 21.1. The molecule has 0 bridgehead atoms. The quantitative estimate of drug-likeness (QED) is 0.463. The van der Waals surface area contributed by atoms with Crippen LogP contribution in [-0.2, 0) is 18.9 Å². The Morgan fingerprint density at radius 2 is 2.36 bits per heavy atom. The molecule has 10 heteroatoms. The monoisotopic (exact) mass is 391 g/mol. The molecule has 0 aromatic heterocycles. The molecule has 2 aliphatic heterocycles. The summed E-state index contributed by atoms with van der Waals surface area (Å²) in [5, 5.41) is 15.3. The van der Waals surface area contributed by atoms with Crippen molar-refractivity contribution in [1.29, 1.82) is 5.26 Å². The van der Waals surface area contributed by atoms with Gasteiger partial charge in [-0.25, -0.2) is 14.8 Å². The number of nitriles is 1. The molecule has 0 aromatic rings. The standard InChI is InChI=1S/C18H25N5O5/c1-3-5-14-16(20)21-13-22-23(14)15-6-7-18(11-19,28-15)12-27-17(24)26-10-9-25-8-4-2/h3,5,13,15H,1,4,6-10,12H2,2H3,(H2,20,21,22)/b14-5-/t15-,18-/m1/s1. The summed E-state index contributed by atoms with van der Waals surface area (Å²) in [6.45, 7) is 6.35. The van der Waals surface area contributed by atoms with Crippen LogP contribution in [-0.4, -0.2) is 61.6 Å². The van der Waals surface area contributed by atoms with E-state index >= 15 is 0 Å². The third kappa shape index (κ3) is 5.55. The molecule has 28 heavy (non-hydrogen) atoms. The van der Waals surface area contributed by atoms with E-state index in [2.05, 4.69) is 22.7 Å². The summed E-state index contributed by atoms with van der Waals surface area (Å²) in [6.07, 6.45) is 4.80. The van der Waals surface area contributed by atoms with E-state index in [1.165, 1.54) is 11.3 Å². The number of allylic oxidation sites excluding steroid dienone is 2. The van der Waals surface area contributed by atoms with E-state index < -0.39 is 18.0 Å². The lowest BCUT2D eigenvalue weighted by atomic mass is 10.0. The van der Waals surface area contributed by atoms with Crippen molar-refractivity contribution in [2.24, 2.45) is 15.8 Å². The van der Waals surface area contributed by atoms with Gasteiger partial charge in [0.1, 0.15) is 31.3 Å². The molecule has 0 aliphatic carbocycles. The van der Waals surface area contributed by atoms with Gasteiger partial charge in [0.2, 0.25) is 0 Å². The third-order valence-corrected chi connectivity index (χ3v) is 4.01. The zero-order chi connectivity index (χ0) is 20.4. The molecule has 0 aromatic carbocycles. The lowest BCUT2D eigenvalue weighted by Gasteiger charge is -2.30. The summed E-state index contributed by atoms with van der Waals surface area (Å²) >= 11 is 0. The second kappa shape index (κ2) is 10.4. The summed E-state index contributed by atoms with van der Waals surface area (Å²) in [5.41, 5.74) is 5.11. The Kier molecular flexibility index (Phi) is 7.98. The SMILES string of the molecule is C=C/C=C1/C(N)=NC=NN1[C@H]1CC[C@@](C#N)(COC(=O)OCCOCCC)O1. The van der Waals surface area contributed by atoms with E-state index in [9.17, 15) is 10.1 Å². The average molecular weight is 391 g/mol. The Hall–Kier alpha value is -2.90. The van der Waals surface area contributed by atoms with E-state index in [4.69, 9.17) is 24.7 Å². The van der Waals surface area contributed by atoms with Crippen LogP contribution >= 0.6 is 0 Å². The summed E-state index contributed by atoms with van der Waals surface area (Å²) in [6, 6.07) is 2.08. The van der Waals surface area contributed by atoms with Crippen molar-refractivity contribution in [2.45, 2.75) is 38.0 Å². The lowest BCUT2D eigenvalue weighted by molar-refractivity contribution is -0.0949. The highest BCUT2D eigenvalue weighted by molar-refractivity contribution is 6.01. The molecule has 1 saturated heterocycles. The van der Waals surface area contributed by atoms with Gasteiger partial charge in [0.15, 0.2) is 17.7 Å². The zero-order valence-corrected chi connectivity index (χ0v) is 15.9. The number of amidine groups is 1. The molecule has 0 radical (unpaired) electrons. The number of hydrogen-bond donors (Lipinski definition) is 1. The molecular formula is C18H25N5O5. The Morgan fingerprint density at radius 1 is 1.54 bits per heavy atom. The van der Waals surface area contributed by atoms with E-state index in [-0.39, 0.29) is 19.0 Å². The van der Waals surface area contributed by atoms with Crippen molar-refractivity contribution in [2.75, 3.05) is 26.4 Å². The molecule has 10 nitrogen and oxygen atoms in total. The van der Waals surface area contributed by atoms with Crippen LogP contribution in [0.15, 0.2) is 34.5 Å². The first kappa shape index (κ1) is 21.4. The van der Waals surface area contributed by atoms with Crippen LogP contribution < -0.4 is 5.73 Å². The van der Waals surface area contributed by atoms with Gasteiger partial charge in [-0.1, -0.05) is 19.6 Å². The second-order valence-corrected chi connectivity index (χ2v) is 6.09. The molecule has 0 unspecified atom stereocenters. The molecule has 2 N–H and O–H groups in total. The first-order chi connectivity index (χ1) is 13.5. The van der Waals surface area contributed by atoms with Crippen molar-refractivity contribution in [3.05, 3.63) is 24.4 Å². The van der Waals surface area contributed by atoms with Gasteiger partial charge in [-0.15, -0.1) is 0 Å². The van der Waals surface area contributed by atoms with Crippen LogP contribution in [0, 0.1) is 11.3 Å². The van der Waals surface area contributed by atoms with E-state index in [0.717, 1.165) is 6.42 Å². The molecule has 0 amide bonds. The van der Waals surface area contributed by atoms with Gasteiger partial charge < -0.3 is 24.7 Å². The second-order valence-electron chi connectivity index (χ2n) is 6.09. The number of nitrogens with zero attached hydrogens (tertiary/aromatic N) is 4. The van der Waals surface area contributed by atoms with Gasteiger partial charge in [-0.05, 0) is 25.3 Å². The smallest absolute Gasteiger partial charge is 0.432 e. The van der Waals surface area contributed by atoms with Crippen LogP contribution in [0.2, 0.25) is 0 Å². The number of carbonyl (C=O) groups is 1. The first-order valence-corrected chi connectivity index (χ1v) is 8.99. The van der Waals surface area contributed by atoms with Crippen LogP contribution in [0.3, 0.4) is 0 Å². The van der Waals surface area contributed by atoms with E-state index in [1.54, 1.807) is 12.2 Å². The van der Waals surface area contributed by atoms with Crippen LogP contribution in [0.4, 0.5) is 4.79 Å². The van der Waals surface area contributed by atoms with E-state index in [1.807, 2.05) is 6.92 Å². The topological polar surface area (TPSA) is 132 Å². The number of carbonyl (C=O) groups excluding carboxylic acids is 1. The minimum atomic E-state index is -1.29. The van der Waals surface area contributed by atoms with Crippen molar-refractivity contribution in [3.63, 3.8) is 0 Å². The van der Waals surface area contributed by atoms with Gasteiger partial charge >= 0.3 is 6.16 Å². The summed E-state index contributed by atoms with van der Waals surface area (Å²) in [5.74, 6) is 0.262. The number of aliphatic imine (C=N–C) groups is 1. The molecule has 0 spiro atoms. The average Bonchev–Trinajstić information content (AvgIpc) is 3.13. The Morgan fingerprint density at radius 3 is 3.07 bits per heavy atom. The number of ether oxygens (including phenoxy) is 4. The van der Waals surface area contributed by atoms with Gasteiger partial charge in [0.25, 0.3) is 0 Å². The predicted octanol–water partition coefficient (Wildman–Crippen LogP) is 1.65. The number of nitrogens with two attached hydrogens (primary N) is 1. The summed E-state index contributed by atoms with van der Waals surface area (Å²) in [4.78, 5) is 15.6. The predicted molar refractivity (Wildman–Crippen MR) is 101 cm³/mol. The molecule has 2 aliphatic rings. The van der Waals surface area contributed by atoms with Crippen molar-refractivity contribution >= 4 is 18.3 Å². The number of rotatable bonds is 9. The Labute approximate surface area is 163 Å². The third-order valence-electron chi connectivity index (χ3n) is 4.01. The van der Waals surface area contributed by atoms with Crippen molar-refractivity contribution in [1.82, 2.24) is 5.01 Å². The van der Waals surface area contributed by atoms with E-state index in [0.29, 0.717) is 31.8 Å². The van der Waals surface area contributed by atoms with Gasteiger partial charge in [0, 0.05) is 6.61 Å². The first-order valence-electron chi connectivity index (χ1n) is 8.99. The minimum absolute atomic E-state index is 0.0820. The summed E-state index contributed by atoms with van der Waals surface area (Å²) in [7, 11) is 0. The highest BCUT2D eigenvalue weighted by atomic mass is 16.7. The molecule has 2 atom stereocenters. The molecule has 2 rings (SSSR count). The van der Waals surface area contributed by atoms with Crippen LogP contribution in [0.1, 0.15) is 26.2 Å². The Bertz CT molecular complexity index is 699. The van der Waals surface area contributed by atoms with Crippen LogP contribution in [0.25, 0.3) is 0 Å². The fourth-order valence-corrected chi connectivity index (χ4v) is 2.67. The maximum absolute atomic E-state index is 11.7. The molecule has 0 saturated carbocycles. The molecule has 2 heterocycles. The molecule has 1 fully saturated rings. The number of hydrogen-bond acceptors (Lipinski definition) is 10. The van der Waals surface area contributed by atoms with Crippen LogP contribution in [0.5, 0.6) is 0 Å². The largest absolute Gasteiger partial charge is 0.508 e. The normalized spacial score (nSPS) is 25.3. The van der Waals surface area contributed by atoms with Crippen molar-refractivity contribution in [3.8, 4) is 6.07 Å². The van der Waals surface area contributed by atoms with Gasteiger partial charge in [-0.3, -0.25) is 0 Å². The lowest BCUT2D eigenvalue weighted by Crippen LogP contribution is -2.41. The molecule has 152 valence electrons. The highest BCUT2D eigenvalue weighted by Gasteiger charge is 2.45. The number of hydrazone groups is 1. The minimum Gasteiger partial charge on any atom is -0.432 e. The molecular weight excluding hydrogens is 366 g/mol.